The van der Waals surface area contributed by atoms with Gasteiger partial charge in [-0.3, -0.25) is 9.59 Å². The van der Waals surface area contributed by atoms with E-state index in [-0.39, 0.29) is 30.3 Å². The summed E-state index contributed by atoms with van der Waals surface area (Å²) >= 11 is 1.63. The number of hydrogen-bond donors (Lipinski definition) is 0. The molecule has 0 radical (unpaired) electrons. The van der Waals surface area contributed by atoms with Crippen molar-refractivity contribution in [3.05, 3.63) is 46.4 Å². The summed E-state index contributed by atoms with van der Waals surface area (Å²) in [6.07, 6.45) is 6.63. The minimum absolute atomic E-state index is 0.0251. The highest BCUT2D eigenvalue weighted by Crippen LogP contribution is 2.34. The van der Waals surface area contributed by atoms with Gasteiger partial charge >= 0.3 is 0 Å². The van der Waals surface area contributed by atoms with Crippen molar-refractivity contribution in [2.45, 2.75) is 38.1 Å². The lowest BCUT2D eigenvalue weighted by Gasteiger charge is -2.28. The molecule has 0 spiro atoms. The Labute approximate surface area is 187 Å². The third-order valence-electron chi connectivity index (χ3n) is 6.20. The Balaban J connectivity index is 1.56. The van der Waals surface area contributed by atoms with Crippen LogP contribution in [-0.4, -0.2) is 58.8 Å². The van der Waals surface area contributed by atoms with Gasteiger partial charge in [-0.2, -0.15) is 5.10 Å². The highest BCUT2D eigenvalue weighted by atomic mass is 32.1. The van der Waals surface area contributed by atoms with E-state index in [1.807, 2.05) is 47.5 Å². The molecule has 1 fully saturated rings. The van der Waals surface area contributed by atoms with E-state index in [0.717, 1.165) is 42.0 Å². The van der Waals surface area contributed by atoms with Crippen LogP contribution in [0.4, 0.5) is 0 Å². The van der Waals surface area contributed by atoms with E-state index in [2.05, 4.69) is 0 Å². The molecular weight excluding hydrogens is 412 g/mol. The van der Waals surface area contributed by atoms with Gasteiger partial charge in [-0.05, 0) is 36.4 Å². The van der Waals surface area contributed by atoms with Crippen LogP contribution in [0.5, 0.6) is 0 Å². The number of carbonyl (C=O) groups is 2. The summed E-state index contributed by atoms with van der Waals surface area (Å²) in [6.45, 7) is 0.860. The molecule has 1 atom stereocenters. The summed E-state index contributed by atoms with van der Waals surface area (Å²) in [7, 11) is 3.60. The van der Waals surface area contributed by atoms with Crippen molar-refractivity contribution in [3.63, 3.8) is 0 Å². The Morgan fingerprint density at radius 2 is 2.06 bits per heavy atom. The number of hydrazone groups is 1. The number of methoxy groups -OCH3 is 1. The average molecular weight is 443 g/mol. The molecule has 1 unspecified atom stereocenters. The quantitative estimate of drug-likeness (QED) is 0.629. The topological polar surface area (TPSA) is 67.1 Å². The van der Waals surface area contributed by atoms with Gasteiger partial charge in [0.15, 0.2) is 0 Å². The van der Waals surface area contributed by atoms with Crippen molar-refractivity contribution in [1.29, 1.82) is 0 Å². The second-order valence-corrected chi connectivity index (χ2v) is 9.21. The van der Waals surface area contributed by atoms with Crippen LogP contribution in [-0.2, 0) is 21.4 Å². The highest BCUT2D eigenvalue weighted by molar-refractivity contribution is 7.12. The number of carbonyl (C=O) groups excluding carboxylic acids is 2. The first-order valence-corrected chi connectivity index (χ1v) is 11.8. The first-order valence-electron chi connectivity index (χ1n) is 10.9. The zero-order chi connectivity index (χ0) is 21.8. The molecule has 1 saturated carbocycles. The monoisotopic (exact) mass is 442 g/mol. The lowest BCUT2D eigenvalue weighted by Crippen LogP contribution is -2.44. The lowest BCUT2D eigenvalue weighted by atomic mass is 10.1. The molecule has 0 N–H and O–H groups in total. The third-order valence-corrected chi connectivity index (χ3v) is 7.12. The minimum Gasteiger partial charge on any atom is -0.383 e. The van der Waals surface area contributed by atoms with Crippen molar-refractivity contribution in [2.24, 2.45) is 18.1 Å². The Kier molecular flexibility index (Phi) is 6.87. The molecule has 166 valence electrons. The smallest absolute Gasteiger partial charge is 0.262 e. The van der Waals surface area contributed by atoms with Crippen LogP contribution < -0.4 is 0 Å². The average Bonchev–Trinajstić information content (AvgIpc) is 3.55. The molecule has 1 aliphatic carbocycles. The van der Waals surface area contributed by atoms with Gasteiger partial charge in [-0.25, -0.2) is 5.01 Å². The predicted octanol–water partition coefficient (Wildman–Crippen LogP) is 3.43. The summed E-state index contributed by atoms with van der Waals surface area (Å²) < 4.78 is 7.24. The standard InChI is InChI=1S/C23H30N4O3S/c1-25-11-5-9-19(25)20-15-18(21-10-6-14-31-21)24-27(20)22(28)16-26(12-13-30-2)23(29)17-7-3-4-8-17/h5-6,9-11,14,17,20H,3-4,7-8,12-13,15-16H2,1-2H3. The molecule has 2 aromatic rings. The van der Waals surface area contributed by atoms with Crippen molar-refractivity contribution in [2.75, 3.05) is 26.8 Å². The fourth-order valence-corrected chi connectivity index (χ4v) is 5.24. The Morgan fingerprint density at radius 1 is 1.26 bits per heavy atom. The predicted molar refractivity (Wildman–Crippen MR) is 121 cm³/mol. The van der Waals surface area contributed by atoms with Crippen molar-refractivity contribution in [3.8, 4) is 0 Å². The Morgan fingerprint density at radius 3 is 2.71 bits per heavy atom. The number of ether oxygens (including phenoxy) is 1. The normalized spacial score (nSPS) is 19.1. The van der Waals surface area contributed by atoms with Crippen LogP contribution >= 0.6 is 11.3 Å². The van der Waals surface area contributed by atoms with E-state index >= 15 is 0 Å². The summed E-state index contributed by atoms with van der Waals surface area (Å²) in [5.41, 5.74) is 1.95. The number of nitrogens with zero attached hydrogens (tertiary/aromatic N) is 4. The molecule has 31 heavy (non-hydrogen) atoms. The van der Waals surface area contributed by atoms with Gasteiger partial charge in [-0.1, -0.05) is 18.9 Å². The first-order chi connectivity index (χ1) is 15.1. The maximum Gasteiger partial charge on any atom is 0.262 e. The Bertz CT molecular complexity index is 931. The zero-order valence-corrected chi connectivity index (χ0v) is 19.0. The van der Waals surface area contributed by atoms with Gasteiger partial charge in [0.2, 0.25) is 5.91 Å². The summed E-state index contributed by atoms with van der Waals surface area (Å²) in [5.74, 6) is -0.0581. The molecular formula is C23H30N4O3S. The number of thiophene rings is 1. The summed E-state index contributed by atoms with van der Waals surface area (Å²) in [5, 5.41) is 8.34. The van der Waals surface area contributed by atoms with Crippen LogP contribution in [0, 0.1) is 5.92 Å². The molecule has 8 heteroatoms. The molecule has 7 nitrogen and oxygen atoms in total. The number of amides is 2. The molecule has 0 saturated heterocycles. The first kappa shape index (κ1) is 21.8. The van der Waals surface area contributed by atoms with Crippen molar-refractivity contribution in [1.82, 2.24) is 14.5 Å². The van der Waals surface area contributed by atoms with Gasteiger partial charge in [0, 0.05) is 44.9 Å². The van der Waals surface area contributed by atoms with Crippen LogP contribution in [0.2, 0.25) is 0 Å². The van der Waals surface area contributed by atoms with Crippen LogP contribution in [0.1, 0.15) is 48.7 Å². The summed E-state index contributed by atoms with van der Waals surface area (Å²) in [4.78, 5) is 29.3. The van der Waals surface area contributed by atoms with Gasteiger partial charge in [0.1, 0.15) is 12.6 Å². The molecule has 1 aliphatic heterocycles. The number of rotatable bonds is 8. The number of hydrogen-bond acceptors (Lipinski definition) is 5. The molecule has 0 aromatic carbocycles. The second kappa shape index (κ2) is 9.78. The van der Waals surface area contributed by atoms with Gasteiger partial charge < -0.3 is 14.2 Å². The number of aromatic nitrogens is 1. The lowest BCUT2D eigenvalue weighted by molar-refractivity contribution is -0.144. The maximum atomic E-state index is 13.4. The van der Waals surface area contributed by atoms with E-state index in [9.17, 15) is 9.59 Å². The van der Waals surface area contributed by atoms with Gasteiger partial charge in [0.05, 0.1) is 17.2 Å². The van der Waals surface area contributed by atoms with Crippen LogP contribution in [0.3, 0.4) is 0 Å². The van der Waals surface area contributed by atoms with Crippen LogP contribution in [0.15, 0.2) is 40.9 Å². The molecule has 2 amide bonds. The van der Waals surface area contributed by atoms with E-state index in [4.69, 9.17) is 9.84 Å². The van der Waals surface area contributed by atoms with E-state index < -0.39 is 0 Å². The highest BCUT2D eigenvalue weighted by Gasteiger charge is 2.36. The molecule has 4 rings (SSSR count). The molecule has 2 aromatic heterocycles. The minimum atomic E-state index is -0.171. The fraction of sp³-hybridized carbons (Fsp3) is 0.522. The molecule has 2 aliphatic rings. The summed E-state index contributed by atoms with van der Waals surface area (Å²) in [6, 6.07) is 7.88. The second-order valence-electron chi connectivity index (χ2n) is 8.26. The SMILES string of the molecule is COCCN(CC(=O)N1N=C(c2cccs2)CC1c1cccn1C)C(=O)C1CCCC1. The maximum absolute atomic E-state index is 13.4. The third kappa shape index (κ3) is 4.75. The van der Waals surface area contributed by atoms with E-state index in [1.165, 1.54) is 0 Å². The van der Waals surface area contributed by atoms with Crippen LogP contribution in [0.25, 0.3) is 0 Å². The van der Waals surface area contributed by atoms with Crippen molar-refractivity contribution >= 4 is 28.9 Å². The van der Waals surface area contributed by atoms with Crippen molar-refractivity contribution < 1.29 is 14.3 Å². The van der Waals surface area contributed by atoms with E-state index in [1.54, 1.807) is 28.4 Å². The Hall–Kier alpha value is -2.45. The zero-order valence-electron chi connectivity index (χ0n) is 18.2. The molecule has 0 bridgehead atoms. The largest absolute Gasteiger partial charge is 0.383 e. The fourth-order valence-electron chi connectivity index (χ4n) is 4.52. The van der Waals surface area contributed by atoms with Gasteiger partial charge in [-0.15, -0.1) is 11.3 Å². The van der Waals surface area contributed by atoms with Gasteiger partial charge in [0.25, 0.3) is 5.91 Å². The van der Waals surface area contributed by atoms with E-state index in [0.29, 0.717) is 19.6 Å². The molecule has 3 heterocycles. The number of aryl methyl sites for hydroxylation is 1.